The molecule has 1 heterocycles. The lowest BCUT2D eigenvalue weighted by Crippen LogP contribution is -2.17. The predicted molar refractivity (Wildman–Crippen MR) is 80.0 cm³/mol. The van der Waals surface area contributed by atoms with Crippen LogP contribution < -0.4 is 5.32 Å². The van der Waals surface area contributed by atoms with Gasteiger partial charge >= 0.3 is 0 Å². The van der Waals surface area contributed by atoms with Gasteiger partial charge in [-0.25, -0.2) is 0 Å². The Bertz CT molecular complexity index is 643. The number of para-hydroxylation sites is 2. The average molecular weight is 249 g/mol. The van der Waals surface area contributed by atoms with Gasteiger partial charge in [0.15, 0.2) is 0 Å². The fourth-order valence-corrected chi connectivity index (χ4v) is 2.16. The lowest BCUT2D eigenvalue weighted by atomic mass is 10.0. The van der Waals surface area contributed by atoms with E-state index in [4.69, 9.17) is 0 Å². The first-order chi connectivity index (χ1) is 9.33. The molecule has 0 saturated heterocycles. The maximum atomic E-state index is 9.71. The van der Waals surface area contributed by atoms with Gasteiger partial charge in [0, 0.05) is 11.3 Å². The van der Waals surface area contributed by atoms with Crippen molar-refractivity contribution >= 4 is 17.8 Å². The van der Waals surface area contributed by atoms with Crippen LogP contribution in [0.25, 0.3) is 12.2 Å². The van der Waals surface area contributed by atoms with Crippen LogP contribution >= 0.6 is 0 Å². The first-order valence-corrected chi connectivity index (χ1v) is 6.33. The first kappa shape index (κ1) is 11.6. The summed E-state index contributed by atoms with van der Waals surface area (Å²) in [5, 5.41) is 13.1. The third-order valence-electron chi connectivity index (χ3n) is 3.19. The van der Waals surface area contributed by atoms with E-state index in [1.54, 1.807) is 6.07 Å². The first-order valence-electron chi connectivity index (χ1n) is 6.33. The highest BCUT2D eigenvalue weighted by atomic mass is 16.3. The SMILES string of the molecule is Oc1ccccc1C=CC1C=Cc2ccccc2N1. The van der Waals surface area contributed by atoms with E-state index in [0.29, 0.717) is 5.75 Å². The highest BCUT2D eigenvalue weighted by molar-refractivity contribution is 5.72. The van der Waals surface area contributed by atoms with E-state index in [1.165, 1.54) is 5.56 Å². The molecule has 0 aliphatic carbocycles. The van der Waals surface area contributed by atoms with Gasteiger partial charge in [-0.1, -0.05) is 60.7 Å². The molecule has 0 saturated carbocycles. The number of fused-ring (bicyclic) bond motifs is 1. The molecule has 3 rings (SSSR count). The number of benzene rings is 2. The summed E-state index contributed by atoms with van der Waals surface area (Å²) in [6.45, 7) is 0. The van der Waals surface area contributed by atoms with Gasteiger partial charge in [-0.3, -0.25) is 0 Å². The zero-order valence-corrected chi connectivity index (χ0v) is 10.5. The maximum absolute atomic E-state index is 9.71. The molecule has 2 aromatic rings. The van der Waals surface area contributed by atoms with Gasteiger partial charge in [0.2, 0.25) is 0 Å². The second-order valence-corrected chi connectivity index (χ2v) is 4.53. The summed E-state index contributed by atoms with van der Waals surface area (Å²) >= 11 is 0. The molecular formula is C17H15NO. The minimum atomic E-state index is 0.148. The largest absolute Gasteiger partial charge is 0.507 e. The molecule has 0 fully saturated rings. The van der Waals surface area contributed by atoms with Crippen molar-refractivity contribution in [2.75, 3.05) is 5.32 Å². The van der Waals surface area contributed by atoms with Crippen molar-refractivity contribution in [1.82, 2.24) is 0 Å². The van der Waals surface area contributed by atoms with E-state index >= 15 is 0 Å². The van der Waals surface area contributed by atoms with Crippen molar-refractivity contribution in [2.24, 2.45) is 0 Å². The third-order valence-corrected chi connectivity index (χ3v) is 3.19. The number of rotatable bonds is 2. The van der Waals surface area contributed by atoms with Gasteiger partial charge in [-0.2, -0.15) is 0 Å². The van der Waals surface area contributed by atoms with Crippen molar-refractivity contribution in [1.29, 1.82) is 0 Å². The van der Waals surface area contributed by atoms with Crippen molar-refractivity contribution in [3.63, 3.8) is 0 Å². The van der Waals surface area contributed by atoms with E-state index in [0.717, 1.165) is 11.3 Å². The molecule has 0 radical (unpaired) electrons. The normalized spacial score (nSPS) is 17.2. The Hall–Kier alpha value is -2.48. The quantitative estimate of drug-likeness (QED) is 0.845. The summed E-state index contributed by atoms with van der Waals surface area (Å²) in [5.74, 6) is 0.305. The molecule has 19 heavy (non-hydrogen) atoms. The van der Waals surface area contributed by atoms with Crippen LogP contribution in [0.3, 0.4) is 0 Å². The lowest BCUT2D eigenvalue weighted by Gasteiger charge is -2.19. The van der Waals surface area contributed by atoms with Crippen molar-refractivity contribution in [3.05, 3.63) is 71.8 Å². The number of hydrogen-bond acceptors (Lipinski definition) is 2. The summed E-state index contributed by atoms with van der Waals surface area (Å²) in [6, 6.07) is 15.7. The summed E-state index contributed by atoms with van der Waals surface area (Å²) in [4.78, 5) is 0. The monoisotopic (exact) mass is 249 g/mol. The predicted octanol–water partition coefficient (Wildman–Crippen LogP) is 3.91. The van der Waals surface area contributed by atoms with Gasteiger partial charge in [-0.15, -0.1) is 0 Å². The fourth-order valence-electron chi connectivity index (χ4n) is 2.16. The Balaban J connectivity index is 1.78. The van der Waals surface area contributed by atoms with Crippen molar-refractivity contribution in [2.45, 2.75) is 6.04 Å². The van der Waals surface area contributed by atoms with Gasteiger partial charge < -0.3 is 10.4 Å². The van der Waals surface area contributed by atoms with Crippen molar-refractivity contribution in [3.8, 4) is 5.75 Å². The van der Waals surface area contributed by atoms with Crippen LogP contribution in [0.4, 0.5) is 5.69 Å². The fraction of sp³-hybridized carbons (Fsp3) is 0.0588. The molecule has 1 atom stereocenters. The molecular weight excluding hydrogens is 234 g/mol. The highest BCUT2D eigenvalue weighted by Crippen LogP contribution is 2.24. The number of anilines is 1. The minimum Gasteiger partial charge on any atom is -0.507 e. The zero-order chi connectivity index (χ0) is 13.1. The molecule has 0 spiro atoms. The minimum absolute atomic E-state index is 0.148. The van der Waals surface area contributed by atoms with Gasteiger partial charge in [-0.05, 0) is 17.7 Å². The summed E-state index contributed by atoms with van der Waals surface area (Å²) in [6.07, 6.45) is 8.21. The Morgan fingerprint density at radius 3 is 2.68 bits per heavy atom. The number of nitrogens with one attached hydrogen (secondary N) is 1. The van der Waals surface area contributed by atoms with Crippen LogP contribution in [0.15, 0.2) is 60.7 Å². The molecule has 0 bridgehead atoms. The van der Waals surface area contributed by atoms with Gasteiger partial charge in [0.05, 0.1) is 6.04 Å². The third kappa shape index (κ3) is 2.52. The second-order valence-electron chi connectivity index (χ2n) is 4.53. The van der Waals surface area contributed by atoms with E-state index in [2.05, 4.69) is 29.6 Å². The molecule has 2 heteroatoms. The summed E-state index contributed by atoms with van der Waals surface area (Å²) in [5.41, 5.74) is 3.17. The highest BCUT2D eigenvalue weighted by Gasteiger charge is 2.08. The molecule has 2 N–H and O–H groups in total. The van der Waals surface area contributed by atoms with Gasteiger partial charge in [0.25, 0.3) is 0 Å². The Morgan fingerprint density at radius 2 is 1.79 bits per heavy atom. The van der Waals surface area contributed by atoms with Gasteiger partial charge in [0.1, 0.15) is 5.75 Å². The average Bonchev–Trinajstić information content (AvgIpc) is 2.46. The molecule has 1 aliphatic heterocycles. The molecule has 94 valence electrons. The van der Waals surface area contributed by atoms with E-state index < -0.39 is 0 Å². The van der Waals surface area contributed by atoms with Crippen LogP contribution in [0.5, 0.6) is 5.75 Å². The van der Waals surface area contributed by atoms with Crippen LogP contribution in [0, 0.1) is 0 Å². The Labute approximate surface area is 112 Å². The molecule has 0 amide bonds. The Morgan fingerprint density at radius 1 is 1.00 bits per heavy atom. The molecule has 2 nitrogen and oxygen atoms in total. The molecule has 0 aromatic heterocycles. The van der Waals surface area contributed by atoms with E-state index in [1.807, 2.05) is 42.5 Å². The Kier molecular flexibility index (Phi) is 3.07. The van der Waals surface area contributed by atoms with E-state index in [9.17, 15) is 5.11 Å². The van der Waals surface area contributed by atoms with E-state index in [-0.39, 0.29) is 6.04 Å². The maximum Gasteiger partial charge on any atom is 0.122 e. The second kappa shape index (κ2) is 5.02. The molecule has 1 unspecified atom stereocenters. The number of aromatic hydroxyl groups is 1. The smallest absolute Gasteiger partial charge is 0.122 e. The summed E-state index contributed by atoms with van der Waals surface area (Å²) in [7, 11) is 0. The van der Waals surface area contributed by atoms with Crippen LogP contribution in [0.1, 0.15) is 11.1 Å². The zero-order valence-electron chi connectivity index (χ0n) is 10.5. The molecule has 2 aromatic carbocycles. The van der Waals surface area contributed by atoms with Crippen LogP contribution in [-0.4, -0.2) is 11.1 Å². The van der Waals surface area contributed by atoms with Crippen molar-refractivity contribution < 1.29 is 5.11 Å². The molecule has 1 aliphatic rings. The topological polar surface area (TPSA) is 32.3 Å². The number of phenols is 1. The number of hydrogen-bond donors (Lipinski definition) is 2. The summed E-state index contributed by atoms with van der Waals surface area (Å²) < 4.78 is 0. The lowest BCUT2D eigenvalue weighted by molar-refractivity contribution is 0.474. The van der Waals surface area contributed by atoms with Crippen LogP contribution in [0.2, 0.25) is 0 Å². The van der Waals surface area contributed by atoms with Crippen LogP contribution in [-0.2, 0) is 0 Å². The number of phenolic OH excluding ortho intramolecular Hbond substituents is 1. The standard InChI is InChI=1S/C17H15NO/c19-17-8-4-2-6-14(17)10-12-15-11-9-13-5-1-3-7-16(13)18-15/h1-12,15,18-19H.